The van der Waals surface area contributed by atoms with E-state index >= 15 is 0 Å². The molecule has 0 fully saturated rings. The van der Waals surface area contributed by atoms with Crippen LogP contribution in [0.5, 0.6) is 5.75 Å². The molecule has 0 saturated carbocycles. The van der Waals surface area contributed by atoms with E-state index in [1.807, 2.05) is 13.8 Å². The maximum absolute atomic E-state index is 13.8. The first-order chi connectivity index (χ1) is 11.1. The molecule has 0 aromatic heterocycles. The minimum atomic E-state index is -3.16. The highest BCUT2D eigenvalue weighted by Gasteiger charge is 2.30. The van der Waals surface area contributed by atoms with E-state index in [0.717, 1.165) is 5.56 Å². The Morgan fingerprint density at radius 3 is 2.42 bits per heavy atom. The van der Waals surface area contributed by atoms with Crippen LogP contribution in [0.25, 0.3) is 0 Å². The highest BCUT2D eigenvalue weighted by molar-refractivity contribution is 5.81. The minimum Gasteiger partial charge on any atom is -0.484 e. The van der Waals surface area contributed by atoms with Crippen LogP contribution in [0, 0.1) is 11.7 Å². The van der Waals surface area contributed by atoms with Gasteiger partial charge in [0.2, 0.25) is 0 Å². The van der Waals surface area contributed by atoms with Crippen molar-refractivity contribution in [3.63, 3.8) is 0 Å². The molecule has 0 aliphatic carbocycles. The Morgan fingerprint density at radius 2 is 1.88 bits per heavy atom. The number of ketones is 1. The maximum atomic E-state index is 13.8. The Kier molecular flexibility index (Phi) is 7.73. The molecule has 0 N–H and O–H groups in total. The van der Waals surface area contributed by atoms with Crippen LogP contribution in [0.1, 0.15) is 45.6 Å². The standard InChI is InChI=1S/C18H25F3O3/c1-12(2)14-5-6-17(15(19)9-14)24-11-18(20,21)7-8-23-10-16(22)13(3)4/h5-6,9,12-13H,7-8,10-11H2,1-4H3. The van der Waals surface area contributed by atoms with Crippen LogP contribution in [0.15, 0.2) is 18.2 Å². The van der Waals surface area contributed by atoms with E-state index in [-0.39, 0.29) is 36.6 Å². The molecular formula is C18H25F3O3. The summed E-state index contributed by atoms with van der Waals surface area (Å²) in [4.78, 5) is 11.3. The molecule has 6 heteroatoms. The smallest absolute Gasteiger partial charge is 0.283 e. The molecule has 0 amide bonds. The van der Waals surface area contributed by atoms with Crippen LogP contribution < -0.4 is 4.74 Å². The number of halogens is 3. The van der Waals surface area contributed by atoms with E-state index in [4.69, 9.17) is 9.47 Å². The minimum absolute atomic E-state index is 0.137. The number of Topliss-reactive ketones (excluding diaryl/α,β-unsaturated/α-hetero) is 1. The second-order valence-electron chi connectivity index (χ2n) is 6.41. The summed E-state index contributed by atoms with van der Waals surface area (Å²) in [6.45, 7) is 5.87. The third-order valence-electron chi connectivity index (χ3n) is 3.56. The number of hydrogen-bond acceptors (Lipinski definition) is 3. The van der Waals surface area contributed by atoms with Crippen molar-refractivity contribution in [1.29, 1.82) is 0 Å². The average Bonchev–Trinajstić information content (AvgIpc) is 2.49. The lowest BCUT2D eigenvalue weighted by Gasteiger charge is -2.18. The Balaban J connectivity index is 2.43. The van der Waals surface area contributed by atoms with Crippen molar-refractivity contribution in [2.24, 2.45) is 5.92 Å². The Bertz CT molecular complexity index is 542. The average molecular weight is 346 g/mol. The molecule has 0 spiro atoms. The third kappa shape index (κ3) is 6.91. The number of benzene rings is 1. The summed E-state index contributed by atoms with van der Waals surface area (Å²) in [5, 5.41) is 0. The molecule has 1 aromatic carbocycles. The van der Waals surface area contributed by atoms with Gasteiger partial charge in [0.25, 0.3) is 5.92 Å². The van der Waals surface area contributed by atoms with Gasteiger partial charge in [-0.25, -0.2) is 13.2 Å². The summed E-state index contributed by atoms with van der Waals surface area (Å²) in [5.74, 6) is -4.21. The monoisotopic (exact) mass is 346 g/mol. The lowest BCUT2D eigenvalue weighted by atomic mass is 10.0. The van der Waals surface area contributed by atoms with Crippen LogP contribution in [0.3, 0.4) is 0 Å². The molecule has 1 aromatic rings. The first-order valence-electron chi connectivity index (χ1n) is 8.03. The van der Waals surface area contributed by atoms with Crippen LogP contribution in [0.4, 0.5) is 13.2 Å². The quantitative estimate of drug-likeness (QED) is 0.581. The predicted octanol–water partition coefficient (Wildman–Crippen LogP) is 4.60. The summed E-state index contributed by atoms with van der Waals surface area (Å²) in [6, 6.07) is 4.30. The van der Waals surface area contributed by atoms with Crippen molar-refractivity contribution in [3.05, 3.63) is 29.6 Å². The summed E-state index contributed by atoms with van der Waals surface area (Å²) in [7, 11) is 0. The maximum Gasteiger partial charge on any atom is 0.283 e. The van der Waals surface area contributed by atoms with Gasteiger partial charge in [0.15, 0.2) is 24.0 Å². The molecule has 0 aliphatic rings. The van der Waals surface area contributed by atoms with Crippen molar-refractivity contribution in [1.82, 2.24) is 0 Å². The zero-order valence-corrected chi connectivity index (χ0v) is 14.6. The summed E-state index contributed by atoms with van der Waals surface area (Å²) >= 11 is 0. The van der Waals surface area contributed by atoms with Gasteiger partial charge in [-0.1, -0.05) is 33.8 Å². The molecular weight excluding hydrogens is 321 g/mol. The van der Waals surface area contributed by atoms with Crippen LogP contribution in [-0.4, -0.2) is 31.5 Å². The van der Waals surface area contributed by atoms with Gasteiger partial charge in [0.05, 0.1) is 6.61 Å². The highest BCUT2D eigenvalue weighted by Crippen LogP contribution is 2.25. The van der Waals surface area contributed by atoms with E-state index < -0.39 is 24.8 Å². The zero-order chi connectivity index (χ0) is 18.3. The van der Waals surface area contributed by atoms with Crippen molar-refractivity contribution in [2.45, 2.75) is 46.0 Å². The fourth-order valence-corrected chi connectivity index (χ4v) is 1.81. The molecule has 0 saturated heterocycles. The number of rotatable bonds is 10. The van der Waals surface area contributed by atoms with Gasteiger partial charge in [-0.15, -0.1) is 0 Å². The molecule has 0 unspecified atom stereocenters. The second kappa shape index (κ2) is 9.06. The predicted molar refractivity (Wildman–Crippen MR) is 86.2 cm³/mol. The lowest BCUT2D eigenvalue weighted by Crippen LogP contribution is -2.28. The fraction of sp³-hybridized carbons (Fsp3) is 0.611. The second-order valence-corrected chi connectivity index (χ2v) is 6.41. The Labute approximate surface area is 141 Å². The number of hydrogen-bond donors (Lipinski definition) is 0. The first-order valence-corrected chi connectivity index (χ1v) is 8.03. The normalized spacial score (nSPS) is 12.0. The summed E-state index contributed by atoms with van der Waals surface area (Å²) in [5.41, 5.74) is 0.773. The van der Waals surface area contributed by atoms with Gasteiger partial charge in [0, 0.05) is 12.3 Å². The van der Waals surface area contributed by atoms with Crippen LogP contribution in [-0.2, 0) is 9.53 Å². The molecule has 24 heavy (non-hydrogen) atoms. The number of alkyl halides is 2. The van der Waals surface area contributed by atoms with E-state index in [1.165, 1.54) is 12.1 Å². The molecule has 0 bridgehead atoms. The Morgan fingerprint density at radius 1 is 1.21 bits per heavy atom. The van der Waals surface area contributed by atoms with Gasteiger partial charge < -0.3 is 9.47 Å². The van der Waals surface area contributed by atoms with Crippen molar-refractivity contribution >= 4 is 5.78 Å². The topological polar surface area (TPSA) is 35.5 Å². The molecule has 136 valence electrons. The van der Waals surface area contributed by atoms with Crippen LogP contribution in [0.2, 0.25) is 0 Å². The largest absolute Gasteiger partial charge is 0.484 e. The molecule has 3 nitrogen and oxygen atoms in total. The van der Waals surface area contributed by atoms with Gasteiger partial charge in [-0.05, 0) is 23.6 Å². The van der Waals surface area contributed by atoms with E-state index in [2.05, 4.69) is 0 Å². The SMILES string of the molecule is CC(C)C(=O)COCCC(F)(F)COc1ccc(C(C)C)cc1F. The number of ether oxygens (including phenoxy) is 2. The van der Waals surface area contributed by atoms with E-state index in [0.29, 0.717) is 0 Å². The number of carbonyl (C=O) groups excluding carboxylic acids is 1. The highest BCUT2D eigenvalue weighted by atomic mass is 19.3. The zero-order valence-electron chi connectivity index (χ0n) is 14.6. The van der Waals surface area contributed by atoms with Gasteiger partial charge in [-0.2, -0.15) is 0 Å². The van der Waals surface area contributed by atoms with Gasteiger partial charge in [0.1, 0.15) is 6.61 Å². The van der Waals surface area contributed by atoms with E-state index in [9.17, 15) is 18.0 Å². The third-order valence-corrected chi connectivity index (χ3v) is 3.56. The fourth-order valence-electron chi connectivity index (χ4n) is 1.81. The first kappa shape index (κ1) is 20.5. The van der Waals surface area contributed by atoms with Gasteiger partial charge >= 0.3 is 0 Å². The van der Waals surface area contributed by atoms with Gasteiger partial charge in [-0.3, -0.25) is 4.79 Å². The van der Waals surface area contributed by atoms with Crippen molar-refractivity contribution in [3.8, 4) is 5.75 Å². The molecule has 0 aliphatic heterocycles. The molecule has 0 heterocycles. The molecule has 0 atom stereocenters. The summed E-state index contributed by atoms with van der Waals surface area (Å²) in [6.07, 6.45) is -0.593. The number of carbonyl (C=O) groups is 1. The van der Waals surface area contributed by atoms with Crippen LogP contribution >= 0.6 is 0 Å². The van der Waals surface area contributed by atoms with E-state index in [1.54, 1.807) is 19.9 Å². The Hall–Kier alpha value is -1.56. The van der Waals surface area contributed by atoms with Crippen molar-refractivity contribution in [2.75, 3.05) is 19.8 Å². The van der Waals surface area contributed by atoms with Crippen molar-refractivity contribution < 1.29 is 27.4 Å². The molecule has 0 radical (unpaired) electrons. The lowest BCUT2D eigenvalue weighted by molar-refractivity contribution is -0.128. The summed E-state index contributed by atoms with van der Waals surface area (Å²) < 4.78 is 51.1. The molecule has 1 rings (SSSR count).